The highest BCUT2D eigenvalue weighted by Gasteiger charge is 2.20. The molecule has 178 valence electrons. The van der Waals surface area contributed by atoms with E-state index in [2.05, 4.69) is 5.32 Å². The van der Waals surface area contributed by atoms with E-state index in [-0.39, 0.29) is 36.2 Å². The van der Waals surface area contributed by atoms with Crippen LogP contribution in [0.15, 0.2) is 54.1 Å². The van der Waals surface area contributed by atoms with Crippen molar-refractivity contribution in [3.63, 3.8) is 0 Å². The Morgan fingerprint density at radius 3 is 2.15 bits per heavy atom. The first-order chi connectivity index (χ1) is 16.1. The van der Waals surface area contributed by atoms with E-state index in [0.29, 0.717) is 16.9 Å². The summed E-state index contributed by atoms with van der Waals surface area (Å²) in [4.78, 5) is 46.6. The van der Waals surface area contributed by atoms with Crippen LogP contribution in [0.1, 0.15) is 47.7 Å². The number of benzene rings is 2. The fourth-order valence-corrected chi connectivity index (χ4v) is 2.89. The van der Waals surface area contributed by atoms with Gasteiger partial charge in [0.1, 0.15) is 17.6 Å². The van der Waals surface area contributed by atoms with E-state index in [4.69, 9.17) is 21.0 Å². The fourth-order valence-electron chi connectivity index (χ4n) is 2.89. The van der Waals surface area contributed by atoms with Crippen molar-refractivity contribution >= 4 is 35.7 Å². The lowest BCUT2D eigenvalue weighted by atomic mass is 10.1. The third kappa shape index (κ3) is 7.90. The average molecular weight is 467 g/mol. The lowest BCUT2D eigenvalue weighted by molar-refractivity contribution is -0.142. The SMILES string of the molecule is CC(=Cc1ccc(C(=O)Oc2ccc(C(=N)N)cc2)cc1)C(=O)NC(CCCC(=O)O)C(=O)O. The molecule has 10 heteroatoms. The van der Waals surface area contributed by atoms with Crippen molar-refractivity contribution in [1.82, 2.24) is 5.32 Å². The number of nitrogen functional groups attached to an aromatic ring is 1. The van der Waals surface area contributed by atoms with Crippen molar-refractivity contribution in [3.8, 4) is 5.75 Å². The molecule has 0 aliphatic carbocycles. The number of nitrogens with one attached hydrogen (secondary N) is 2. The summed E-state index contributed by atoms with van der Waals surface area (Å²) in [5.41, 5.74) is 7.02. The zero-order valence-corrected chi connectivity index (χ0v) is 18.4. The van der Waals surface area contributed by atoms with E-state index in [1.807, 2.05) is 0 Å². The van der Waals surface area contributed by atoms with Gasteiger partial charge in [-0.05, 0) is 67.8 Å². The molecule has 1 amide bonds. The van der Waals surface area contributed by atoms with Crippen LogP contribution in [0.4, 0.5) is 0 Å². The fraction of sp³-hybridized carbons (Fsp3) is 0.208. The van der Waals surface area contributed by atoms with Crippen LogP contribution in [0, 0.1) is 5.41 Å². The van der Waals surface area contributed by atoms with E-state index in [9.17, 15) is 24.3 Å². The highest BCUT2D eigenvalue weighted by molar-refractivity contribution is 5.99. The molecule has 0 aromatic heterocycles. The number of hydrogen-bond acceptors (Lipinski definition) is 6. The molecule has 2 aromatic rings. The molecule has 0 spiro atoms. The van der Waals surface area contributed by atoms with Crippen LogP contribution in [0.5, 0.6) is 5.75 Å². The Balaban J connectivity index is 1.99. The summed E-state index contributed by atoms with van der Waals surface area (Å²) in [5, 5.41) is 27.7. The first-order valence-corrected chi connectivity index (χ1v) is 10.3. The molecule has 0 saturated heterocycles. The van der Waals surface area contributed by atoms with Crippen molar-refractivity contribution in [2.75, 3.05) is 0 Å². The number of hydrogen-bond donors (Lipinski definition) is 5. The van der Waals surface area contributed by atoms with Crippen LogP contribution in [-0.4, -0.2) is 45.9 Å². The number of amidine groups is 1. The monoisotopic (exact) mass is 467 g/mol. The molecule has 0 saturated carbocycles. The molecule has 34 heavy (non-hydrogen) atoms. The van der Waals surface area contributed by atoms with E-state index in [0.717, 1.165) is 0 Å². The molecule has 0 fully saturated rings. The highest BCUT2D eigenvalue weighted by atomic mass is 16.5. The zero-order chi connectivity index (χ0) is 25.3. The van der Waals surface area contributed by atoms with Gasteiger partial charge in [-0.2, -0.15) is 0 Å². The molecule has 1 atom stereocenters. The first-order valence-electron chi connectivity index (χ1n) is 10.3. The van der Waals surface area contributed by atoms with Gasteiger partial charge >= 0.3 is 17.9 Å². The summed E-state index contributed by atoms with van der Waals surface area (Å²) >= 11 is 0. The molecule has 2 rings (SSSR count). The first kappa shape index (κ1) is 25.8. The van der Waals surface area contributed by atoms with Crippen molar-refractivity contribution in [2.24, 2.45) is 5.73 Å². The Morgan fingerprint density at radius 1 is 1.03 bits per heavy atom. The van der Waals surface area contributed by atoms with Crippen LogP contribution in [0.2, 0.25) is 0 Å². The predicted molar refractivity (Wildman–Crippen MR) is 124 cm³/mol. The number of rotatable bonds is 11. The summed E-state index contributed by atoms with van der Waals surface area (Å²) in [6.45, 7) is 1.51. The smallest absolute Gasteiger partial charge is 0.343 e. The van der Waals surface area contributed by atoms with Gasteiger partial charge in [-0.25, -0.2) is 9.59 Å². The molecule has 2 aromatic carbocycles. The quantitative estimate of drug-likeness (QED) is 0.110. The molecule has 0 heterocycles. The van der Waals surface area contributed by atoms with Crippen LogP contribution in [0.25, 0.3) is 6.08 Å². The standard InChI is InChI=1S/C24H25N3O7/c1-14(22(30)27-19(23(31)32)3-2-4-20(28)29)13-15-5-7-17(8-6-15)24(33)34-18-11-9-16(10-12-18)21(25)26/h5-13,19H,2-4H2,1H3,(H3,25,26)(H,27,30)(H,28,29)(H,31,32). The molecule has 10 nitrogen and oxygen atoms in total. The Morgan fingerprint density at radius 2 is 1.62 bits per heavy atom. The third-order valence-electron chi connectivity index (χ3n) is 4.75. The molecule has 0 radical (unpaired) electrons. The number of carboxylic acid groups (broad SMARTS) is 2. The Hall–Kier alpha value is -4.47. The number of carboxylic acids is 2. The van der Waals surface area contributed by atoms with E-state index in [1.54, 1.807) is 24.3 Å². The van der Waals surface area contributed by atoms with Gasteiger partial charge in [-0.3, -0.25) is 15.0 Å². The Labute approximate surface area is 195 Å². The minimum Gasteiger partial charge on any atom is -0.481 e. The normalized spacial score (nSPS) is 11.9. The van der Waals surface area contributed by atoms with E-state index in [1.165, 1.54) is 37.3 Å². The summed E-state index contributed by atoms with van der Waals surface area (Å²) in [6, 6.07) is 11.2. The maximum atomic E-state index is 12.3. The van der Waals surface area contributed by atoms with Gasteiger partial charge in [-0.1, -0.05) is 12.1 Å². The van der Waals surface area contributed by atoms with Gasteiger partial charge in [-0.15, -0.1) is 0 Å². The van der Waals surface area contributed by atoms with Crippen molar-refractivity contribution < 1.29 is 34.1 Å². The average Bonchev–Trinajstić information content (AvgIpc) is 2.78. The van der Waals surface area contributed by atoms with Gasteiger partial charge in [0.25, 0.3) is 0 Å². The van der Waals surface area contributed by atoms with Crippen molar-refractivity contribution in [1.29, 1.82) is 5.41 Å². The molecule has 0 aliphatic rings. The van der Waals surface area contributed by atoms with Gasteiger partial charge < -0.3 is 26.0 Å². The highest BCUT2D eigenvalue weighted by Crippen LogP contribution is 2.16. The zero-order valence-electron chi connectivity index (χ0n) is 18.4. The lowest BCUT2D eigenvalue weighted by Crippen LogP contribution is -2.41. The van der Waals surface area contributed by atoms with Crippen LogP contribution >= 0.6 is 0 Å². The predicted octanol–water partition coefficient (Wildman–Crippen LogP) is 2.42. The maximum Gasteiger partial charge on any atom is 0.343 e. The van der Waals surface area contributed by atoms with Crippen LogP contribution in [-0.2, 0) is 14.4 Å². The maximum absolute atomic E-state index is 12.3. The van der Waals surface area contributed by atoms with Gasteiger partial charge in [0.05, 0.1) is 5.56 Å². The number of ether oxygens (including phenoxy) is 1. The van der Waals surface area contributed by atoms with Crippen LogP contribution < -0.4 is 15.8 Å². The van der Waals surface area contributed by atoms with Gasteiger partial charge in [0, 0.05) is 17.6 Å². The number of amides is 1. The largest absolute Gasteiger partial charge is 0.481 e. The summed E-state index contributed by atoms with van der Waals surface area (Å²) in [7, 11) is 0. The van der Waals surface area contributed by atoms with E-state index >= 15 is 0 Å². The molecular formula is C24H25N3O7. The Kier molecular flexibility index (Phi) is 9.07. The molecular weight excluding hydrogens is 442 g/mol. The minimum atomic E-state index is -1.25. The molecule has 6 N–H and O–H groups in total. The second-order valence-electron chi connectivity index (χ2n) is 7.43. The van der Waals surface area contributed by atoms with Crippen molar-refractivity contribution in [2.45, 2.75) is 32.2 Å². The number of carbonyl (C=O) groups excluding carboxylic acids is 2. The van der Waals surface area contributed by atoms with E-state index < -0.39 is 29.9 Å². The Bertz CT molecular complexity index is 1110. The number of carbonyl (C=O) groups is 4. The summed E-state index contributed by atoms with van der Waals surface area (Å²) in [5.74, 6) is -3.27. The number of aliphatic carboxylic acids is 2. The summed E-state index contributed by atoms with van der Waals surface area (Å²) in [6.07, 6.45) is 1.46. The number of esters is 1. The molecule has 0 aliphatic heterocycles. The summed E-state index contributed by atoms with van der Waals surface area (Å²) < 4.78 is 5.29. The second-order valence-corrected chi connectivity index (χ2v) is 7.43. The molecule has 1 unspecified atom stereocenters. The van der Waals surface area contributed by atoms with Gasteiger partial charge in [0.2, 0.25) is 5.91 Å². The third-order valence-corrected chi connectivity index (χ3v) is 4.75. The second kappa shape index (κ2) is 12.0. The minimum absolute atomic E-state index is 0.00502. The van der Waals surface area contributed by atoms with Crippen molar-refractivity contribution in [3.05, 3.63) is 70.8 Å². The topological polar surface area (TPSA) is 180 Å². The van der Waals surface area contributed by atoms with Gasteiger partial charge in [0.15, 0.2) is 0 Å². The van der Waals surface area contributed by atoms with Crippen LogP contribution in [0.3, 0.4) is 0 Å². The lowest BCUT2D eigenvalue weighted by Gasteiger charge is -2.14. The molecule has 0 bridgehead atoms. The number of nitrogens with two attached hydrogens (primary N) is 1.